The van der Waals surface area contributed by atoms with E-state index in [1.807, 2.05) is 49.4 Å². The number of aromatic nitrogens is 2. The average Bonchev–Trinajstić information content (AvgIpc) is 3.55. The van der Waals surface area contributed by atoms with Crippen LogP contribution < -0.4 is 0 Å². The molecule has 1 atom stereocenters. The summed E-state index contributed by atoms with van der Waals surface area (Å²) in [7, 11) is 0. The predicted octanol–water partition coefficient (Wildman–Crippen LogP) is 4.86. The van der Waals surface area contributed by atoms with Crippen molar-refractivity contribution in [1.29, 1.82) is 0 Å². The number of carbonyl (C=O) groups is 1. The molecule has 1 heterocycles. The van der Waals surface area contributed by atoms with Crippen LogP contribution in [0.1, 0.15) is 31.2 Å². The summed E-state index contributed by atoms with van der Waals surface area (Å²) >= 11 is 1.52. The molecule has 1 saturated carbocycles. The van der Waals surface area contributed by atoms with Gasteiger partial charge in [-0.3, -0.25) is 4.79 Å². The quantitative estimate of drug-likeness (QED) is 0.426. The number of para-hydroxylation sites is 1. The highest BCUT2D eigenvalue weighted by Crippen LogP contribution is 2.36. The van der Waals surface area contributed by atoms with Crippen molar-refractivity contribution in [2.75, 3.05) is 5.75 Å². The van der Waals surface area contributed by atoms with Gasteiger partial charge < -0.3 is 4.90 Å². The van der Waals surface area contributed by atoms with Crippen LogP contribution in [0.5, 0.6) is 0 Å². The van der Waals surface area contributed by atoms with Crippen LogP contribution in [0.3, 0.4) is 0 Å². The van der Waals surface area contributed by atoms with E-state index in [9.17, 15) is 4.79 Å². The zero-order chi connectivity index (χ0) is 19.5. The Morgan fingerprint density at radius 1 is 1.11 bits per heavy atom. The van der Waals surface area contributed by atoms with Crippen LogP contribution in [-0.2, 0) is 11.3 Å². The van der Waals surface area contributed by atoms with Crippen LogP contribution >= 0.6 is 11.8 Å². The van der Waals surface area contributed by atoms with Gasteiger partial charge in [0, 0.05) is 18.0 Å². The van der Waals surface area contributed by atoms with Gasteiger partial charge in [0.15, 0.2) is 0 Å². The van der Waals surface area contributed by atoms with Gasteiger partial charge in [-0.05, 0) is 44.2 Å². The standard InChI is InChI=1S/C23H25N3OS/c1-16(19-12-13-19)26(14-18-8-4-3-5-9-18)22(27)15-28-23-20-10-6-7-11-21(20)24-17(2)25-23/h3-11,16,19H,12-15H2,1-2H3. The topological polar surface area (TPSA) is 46.1 Å². The molecular weight excluding hydrogens is 366 g/mol. The van der Waals surface area contributed by atoms with Crippen LogP contribution in [0.4, 0.5) is 0 Å². The molecule has 0 aliphatic heterocycles. The van der Waals surface area contributed by atoms with Crippen LogP contribution in [0.2, 0.25) is 0 Å². The zero-order valence-electron chi connectivity index (χ0n) is 16.3. The third-order valence-electron chi connectivity index (χ3n) is 5.32. The Labute approximate surface area is 170 Å². The molecule has 1 aromatic heterocycles. The van der Waals surface area contributed by atoms with E-state index < -0.39 is 0 Å². The number of hydrogen-bond donors (Lipinski definition) is 0. The van der Waals surface area contributed by atoms with Gasteiger partial charge in [0.05, 0.1) is 11.3 Å². The Morgan fingerprint density at radius 2 is 1.82 bits per heavy atom. The fourth-order valence-corrected chi connectivity index (χ4v) is 4.50. The van der Waals surface area contributed by atoms with Gasteiger partial charge in [-0.25, -0.2) is 9.97 Å². The lowest BCUT2D eigenvalue weighted by Gasteiger charge is -2.29. The number of hydrogen-bond acceptors (Lipinski definition) is 4. The smallest absolute Gasteiger partial charge is 0.233 e. The summed E-state index contributed by atoms with van der Waals surface area (Å²) in [6.07, 6.45) is 2.45. The normalized spacial score (nSPS) is 14.8. The van der Waals surface area contributed by atoms with E-state index in [-0.39, 0.29) is 11.9 Å². The maximum atomic E-state index is 13.2. The molecular formula is C23H25N3OS. The Morgan fingerprint density at radius 3 is 2.57 bits per heavy atom. The summed E-state index contributed by atoms with van der Waals surface area (Å²) in [5.41, 5.74) is 2.11. The molecule has 5 heteroatoms. The van der Waals surface area contributed by atoms with Crippen LogP contribution in [0.25, 0.3) is 10.9 Å². The first-order chi connectivity index (χ1) is 13.6. The van der Waals surface area contributed by atoms with Crippen LogP contribution in [0, 0.1) is 12.8 Å². The highest BCUT2D eigenvalue weighted by Gasteiger charge is 2.34. The minimum absolute atomic E-state index is 0.175. The molecule has 2 aromatic carbocycles. The largest absolute Gasteiger partial charge is 0.335 e. The fourth-order valence-electron chi connectivity index (χ4n) is 3.55. The van der Waals surface area contributed by atoms with Crippen molar-refractivity contribution >= 4 is 28.6 Å². The lowest BCUT2D eigenvalue weighted by atomic mass is 10.1. The van der Waals surface area contributed by atoms with Gasteiger partial charge in [0.2, 0.25) is 5.91 Å². The third kappa shape index (κ3) is 4.36. The van der Waals surface area contributed by atoms with E-state index in [4.69, 9.17) is 0 Å². The minimum Gasteiger partial charge on any atom is -0.335 e. The number of aryl methyl sites for hydroxylation is 1. The molecule has 0 spiro atoms. The number of amides is 1. The van der Waals surface area contributed by atoms with Gasteiger partial charge >= 0.3 is 0 Å². The minimum atomic E-state index is 0.175. The van der Waals surface area contributed by atoms with Gasteiger partial charge in [-0.2, -0.15) is 0 Å². The van der Waals surface area contributed by atoms with E-state index in [0.717, 1.165) is 21.8 Å². The Hall–Kier alpha value is -2.40. The molecule has 4 rings (SSSR count). The first-order valence-electron chi connectivity index (χ1n) is 9.81. The highest BCUT2D eigenvalue weighted by molar-refractivity contribution is 8.00. The molecule has 0 bridgehead atoms. The number of rotatable bonds is 7. The molecule has 1 amide bonds. The average molecular weight is 392 g/mol. The first-order valence-corrected chi connectivity index (χ1v) is 10.8. The van der Waals surface area contributed by atoms with Gasteiger partial charge in [-0.15, -0.1) is 0 Å². The van der Waals surface area contributed by atoms with Crippen molar-refractivity contribution < 1.29 is 4.79 Å². The summed E-state index contributed by atoms with van der Waals surface area (Å²) < 4.78 is 0. The molecule has 0 N–H and O–H groups in total. The lowest BCUT2D eigenvalue weighted by Crippen LogP contribution is -2.40. The van der Waals surface area contributed by atoms with E-state index in [1.54, 1.807) is 0 Å². The van der Waals surface area contributed by atoms with Crippen molar-refractivity contribution in [3.8, 4) is 0 Å². The summed E-state index contributed by atoms with van der Waals surface area (Å²) in [6.45, 7) is 4.75. The zero-order valence-corrected chi connectivity index (χ0v) is 17.2. The summed E-state index contributed by atoms with van der Waals surface area (Å²) in [4.78, 5) is 24.3. The molecule has 3 aromatic rings. The second-order valence-electron chi connectivity index (χ2n) is 7.47. The molecule has 0 radical (unpaired) electrons. The molecule has 4 nitrogen and oxygen atoms in total. The maximum absolute atomic E-state index is 13.2. The van der Waals surface area contributed by atoms with E-state index >= 15 is 0 Å². The second kappa shape index (κ2) is 8.31. The number of fused-ring (bicyclic) bond motifs is 1. The molecule has 28 heavy (non-hydrogen) atoms. The van der Waals surface area contributed by atoms with Crippen molar-refractivity contribution in [2.45, 2.75) is 44.3 Å². The molecule has 1 fully saturated rings. The van der Waals surface area contributed by atoms with Crippen molar-refractivity contribution in [2.24, 2.45) is 5.92 Å². The molecule has 1 aliphatic carbocycles. The third-order valence-corrected chi connectivity index (χ3v) is 6.30. The predicted molar refractivity (Wildman–Crippen MR) is 114 cm³/mol. The Kier molecular flexibility index (Phi) is 5.62. The molecule has 1 unspecified atom stereocenters. The van der Waals surface area contributed by atoms with Gasteiger partial charge in [-0.1, -0.05) is 60.3 Å². The Bertz CT molecular complexity index is 972. The Balaban J connectivity index is 1.51. The highest BCUT2D eigenvalue weighted by atomic mass is 32.2. The fraction of sp³-hybridized carbons (Fsp3) is 0.348. The van der Waals surface area contributed by atoms with Crippen LogP contribution in [-0.4, -0.2) is 32.6 Å². The summed E-state index contributed by atoms with van der Waals surface area (Å²) in [6, 6.07) is 18.5. The van der Waals surface area contributed by atoms with Crippen molar-refractivity contribution in [3.05, 3.63) is 66.0 Å². The summed E-state index contributed by atoms with van der Waals surface area (Å²) in [5.74, 6) is 1.94. The number of benzene rings is 2. The monoisotopic (exact) mass is 391 g/mol. The van der Waals surface area contributed by atoms with E-state index in [2.05, 4.69) is 33.9 Å². The van der Waals surface area contributed by atoms with Gasteiger partial charge in [0.1, 0.15) is 10.9 Å². The summed E-state index contributed by atoms with van der Waals surface area (Å²) in [5, 5.41) is 1.89. The van der Waals surface area contributed by atoms with E-state index in [1.165, 1.54) is 30.2 Å². The molecule has 0 saturated heterocycles. The van der Waals surface area contributed by atoms with E-state index in [0.29, 0.717) is 18.2 Å². The van der Waals surface area contributed by atoms with Crippen molar-refractivity contribution in [3.63, 3.8) is 0 Å². The number of carbonyl (C=O) groups excluding carboxylic acids is 1. The SMILES string of the molecule is Cc1nc(SCC(=O)N(Cc2ccccc2)C(C)C2CC2)c2ccccc2n1. The molecule has 144 valence electrons. The van der Waals surface area contributed by atoms with Crippen LogP contribution in [0.15, 0.2) is 59.6 Å². The van der Waals surface area contributed by atoms with Gasteiger partial charge in [0.25, 0.3) is 0 Å². The maximum Gasteiger partial charge on any atom is 0.233 e. The number of nitrogens with zero attached hydrogens (tertiary/aromatic N) is 3. The first kappa shape index (κ1) is 18.9. The molecule has 1 aliphatic rings. The lowest BCUT2D eigenvalue weighted by molar-refractivity contribution is -0.131. The van der Waals surface area contributed by atoms with Crippen molar-refractivity contribution in [1.82, 2.24) is 14.9 Å². The second-order valence-corrected chi connectivity index (χ2v) is 8.43. The number of thioether (sulfide) groups is 1.